The number of hydrogen-bond donors (Lipinski definition) is 0. The maximum atomic E-state index is 14.2. The minimum atomic E-state index is -0.865. The van der Waals surface area contributed by atoms with Crippen LogP contribution in [-0.2, 0) is 4.74 Å². The lowest BCUT2D eigenvalue weighted by molar-refractivity contribution is 0.308. The number of benzene rings is 1. The van der Waals surface area contributed by atoms with E-state index in [9.17, 15) is 8.78 Å². The topological polar surface area (TPSA) is 18.5 Å². The lowest BCUT2D eigenvalue weighted by Crippen LogP contribution is -2.14. The first kappa shape index (κ1) is 15.8. The molecule has 1 aromatic carbocycles. The quantitative estimate of drug-likeness (QED) is 0.727. The molecule has 1 aliphatic rings. The van der Waals surface area contributed by atoms with E-state index in [1.807, 2.05) is 6.08 Å². The maximum absolute atomic E-state index is 14.2. The van der Waals surface area contributed by atoms with Crippen LogP contribution in [0, 0.1) is 17.6 Å². The molecule has 2 rings (SSSR count). The second-order valence-electron chi connectivity index (χ2n) is 5.39. The van der Waals surface area contributed by atoms with E-state index in [1.165, 1.54) is 6.07 Å². The molecule has 1 fully saturated rings. The number of halogens is 2. The van der Waals surface area contributed by atoms with Gasteiger partial charge in [-0.25, -0.2) is 4.39 Å². The molecule has 0 unspecified atom stereocenters. The molecule has 1 aromatic rings. The highest BCUT2D eigenvalue weighted by Crippen LogP contribution is 2.38. The van der Waals surface area contributed by atoms with E-state index in [0.717, 1.165) is 25.7 Å². The fraction of sp³-hybridized carbons (Fsp3) is 0.529. The molecule has 0 N–H and O–H groups in total. The summed E-state index contributed by atoms with van der Waals surface area (Å²) >= 11 is 0. The molecule has 116 valence electrons. The monoisotopic (exact) mass is 296 g/mol. The van der Waals surface area contributed by atoms with Crippen molar-refractivity contribution in [3.8, 4) is 5.75 Å². The standard InChI is InChI=1S/C17H22F2O2/c1-3-21-15-9-8-14(16(18)17(15)19)13-6-4-12(5-7-13)10-11-20-2/h8-13H,3-7H2,1-2H3. The summed E-state index contributed by atoms with van der Waals surface area (Å²) < 4.78 is 38.1. The first-order valence-corrected chi connectivity index (χ1v) is 7.47. The van der Waals surface area contributed by atoms with Crippen LogP contribution in [-0.4, -0.2) is 13.7 Å². The van der Waals surface area contributed by atoms with E-state index in [4.69, 9.17) is 9.47 Å². The van der Waals surface area contributed by atoms with E-state index in [2.05, 4.69) is 0 Å². The first-order chi connectivity index (χ1) is 10.2. The Hall–Kier alpha value is -1.58. The van der Waals surface area contributed by atoms with Crippen molar-refractivity contribution < 1.29 is 18.3 Å². The smallest absolute Gasteiger partial charge is 0.200 e. The molecular formula is C17H22F2O2. The maximum Gasteiger partial charge on any atom is 0.200 e. The van der Waals surface area contributed by atoms with Gasteiger partial charge in [-0.1, -0.05) is 6.07 Å². The van der Waals surface area contributed by atoms with Crippen LogP contribution in [0.1, 0.15) is 44.1 Å². The lowest BCUT2D eigenvalue weighted by atomic mass is 9.78. The second kappa shape index (κ2) is 7.43. The molecule has 0 saturated heterocycles. The number of ether oxygens (including phenoxy) is 2. The van der Waals surface area contributed by atoms with Crippen molar-refractivity contribution in [3.63, 3.8) is 0 Å². The summed E-state index contributed by atoms with van der Waals surface area (Å²) in [5.41, 5.74) is 0.477. The van der Waals surface area contributed by atoms with Crippen molar-refractivity contribution in [2.45, 2.75) is 38.5 Å². The van der Waals surface area contributed by atoms with Crippen LogP contribution in [0.15, 0.2) is 24.5 Å². The van der Waals surface area contributed by atoms with Gasteiger partial charge in [-0.15, -0.1) is 0 Å². The summed E-state index contributed by atoms with van der Waals surface area (Å²) in [6.07, 6.45) is 7.41. The number of methoxy groups -OCH3 is 1. The Balaban J connectivity index is 2.07. The fourth-order valence-corrected chi connectivity index (χ4v) is 2.94. The Labute approximate surface area is 124 Å². The Morgan fingerprint density at radius 1 is 1.14 bits per heavy atom. The molecule has 1 aliphatic carbocycles. The van der Waals surface area contributed by atoms with Gasteiger partial charge in [-0.2, -0.15) is 4.39 Å². The third-order valence-corrected chi connectivity index (χ3v) is 4.08. The average molecular weight is 296 g/mol. The van der Waals surface area contributed by atoms with Crippen LogP contribution in [0.2, 0.25) is 0 Å². The van der Waals surface area contributed by atoms with Crippen molar-refractivity contribution in [2.24, 2.45) is 5.92 Å². The van der Waals surface area contributed by atoms with E-state index in [1.54, 1.807) is 26.4 Å². The SMILES string of the molecule is CCOc1ccc(C2CCC(C=COC)CC2)c(F)c1F. The van der Waals surface area contributed by atoms with E-state index in [0.29, 0.717) is 18.1 Å². The Morgan fingerprint density at radius 3 is 2.48 bits per heavy atom. The van der Waals surface area contributed by atoms with Crippen molar-refractivity contribution in [2.75, 3.05) is 13.7 Å². The minimum Gasteiger partial charge on any atom is -0.505 e. The molecule has 4 heteroatoms. The summed E-state index contributed by atoms with van der Waals surface area (Å²) in [5.74, 6) is -1.07. The molecule has 21 heavy (non-hydrogen) atoms. The molecule has 0 radical (unpaired) electrons. The largest absolute Gasteiger partial charge is 0.505 e. The summed E-state index contributed by atoms with van der Waals surface area (Å²) in [5, 5.41) is 0. The van der Waals surface area contributed by atoms with Gasteiger partial charge >= 0.3 is 0 Å². The lowest BCUT2D eigenvalue weighted by Gasteiger charge is -2.27. The number of allylic oxidation sites excluding steroid dienone is 1. The molecule has 2 nitrogen and oxygen atoms in total. The minimum absolute atomic E-state index is 0.00420. The third-order valence-electron chi connectivity index (χ3n) is 4.08. The van der Waals surface area contributed by atoms with Crippen molar-refractivity contribution in [1.29, 1.82) is 0 Å². The van der Waals surface area contributed by atoms with Crippen LogP contribution in [0.25, 0.3) is 0 Å². The van der Waals surface area contributed by atoms with Gasteiger partial charge in [0.2, 0.25) is 5.82 Å². The molecule has 0 aliphatic heterocycles. The highest BCUT2D eigenvalue weighted by Gasteiger charge is 2.25. The highest BCUT2D eigenvalue weighted by molar-refractivity contribution is 5.33. The highest BCUT2D eigenvalue weighted by atomic mass is 19.2. The Morgan fingerprint density at radius 2 is 1.86 bits per heavy atom. The third kappa shape index (κ3) is 3.74. The zero-order valence-corrected chi connectivity index (χ0v) is 12.6. The summed E-state index contributed by atoms with van der Waals surface area (Å²) in [4.78, 5) is 0. The van der Waals surface area contributed by atoms with Gasteiger partial charge in [-0.3, -0.25) is 0 Å². The molecular weight excluding hydrogens is 274 g/mol. The molecule has 1 saturated carbocycles. The summed E-state index contributed by atoms with van der Waals surface area (Å²) in [6.45, 7) is 2.08. The summed E-state index contributed by atoms with van der Waals surface area (Å²) in [7, 11) is 1.63. The van der Waals surface area contributed by atoms with Crippen molar-refractivity contribution in [3.05, 3.63) is 41.7 Å². The van der Waals surface area contributed by atoms with Crippen LogP contribution in [0.4, 0.5) is 8.78 Å². The average Bonchev–Trinajstić information content (AvgIpc) is 2.51. The van der Waals surface area contributed by atoms with E-state index < -0.39 is 11.6 Å². The van der Waals surface area contributed by atoms with Crippen LogP contribution in [0.3, 0.4) is 0 Å². The first-order valence-electron chi connectivity index (χ1n) is 7.47. The molecule has 0 bridgehead atoms. The molecule has 0 aromatic heterocycles. The normalized spacial score (nSPS) is 22.5. The number of rotatable bonds is 5. The predicted molar refractivity (Wildman–Crippen MR) is 78.4 cm³/mol. The molecule has 0 amide bonds. The van der Waals surface area contributed by atoms with Crippen LogP contribution >= 0.6 is 0 Å². The second-order valence-corrected chi connectivity index (χ2v) is 5.39. The van der Waals surface area contributed by atoms with Gasteiger partial charge in [0.25, 0.3) is 0 Å². The summed E-state index contributed by atoms with van der Waals surface area (Å²) in [6, 6.07) is 3.20. The number of hydrogen-bond acceptors (Lipinski definition) is 2. The van der Waals surface area contributed by atoms with Gasteiger partial charge in [0.1, 0.15) is 0 Å². The van der Waals surface area contributed by atoms with Crippen molar-refractivity contribution in [1.82, 2.24) is 0 Å². The van der Waals surface area contributed by atoms with Gasteiger partial charge in [0.05, 0.1) is 20.0 Å². The van der Waals surface area contributed by atoms with Crippen LogP contribution in [0.5, 0.6) is 5.75 Å². The fourth-order valence-electron chi connectivity index (χ4n) is 2.94. The van der Waals surface area contributed by atoms with Gasteiger partial charge in [0, 0.05) is 0 Å². The van der Waals surface area contributed by atoms with Gasteiger partial charge < -0.3 is 9.47 Å². The zero-order valence-electron chi connectivity index (χ0n) is 12.6. The molecule has 0 spiro atoms. The molecule has 0 atom stereocenters. The van der Waals surface area contributed by atoms with Crippen molar-refractivity contribution >= 4 is 0 Å². The van der Waals surface area contributed by atoms with Crippen LogP contribution < -0.4 is 4.74 Å². The Kier molecular flexibility index (Phi) is 5.59. The van der Waals surface area contributed by atoms with Gasteiger partial charge in [-0.05, 0) is 62.1 Å². The van der Waals surface area contributed by atoms with E-state index >= 15 is 0 Å². The Bertz CT molecular complexity index is 492. The predicted octanol–water partition coefficient (Wildman–Crippen LogP) is 4.80. The zero-order chi connectivity index (χ0) is 15.2. The van der Waals surface area contributed by atoms with E-state index in [-0.39, 0.29) is 11.7 Å². The van der Waals surface area contributed by atoms with Gasteiger partial charge in [0.15, 0.2) is 11.6 Å². The molecule has 0 heterocycles.